The molecule has 2 heterocycles. The van der Waals surface area contributed by atoms with Gasteiger partial charge in [0.05, 0.1) is 23.7 Å². The summed E-state index contributed by atoms with van der Waals surface area (Å²) in [6.45, 7) is 0.233. The van der Waals surface area contributed by atoms with Gasteiger partial charge in [-0.2, -0.15) is 0 Å². The normalized spacial score (nSPS) is 10.8. The molecular weight excluding hydrogens is 348 g/mol. The van der Waals surface area contributed by atoms with Gasteiger partial charge in [0, 0.05) is 16.5 Å². The van der Waals surface area contributed by atoms with Crippen molar-refractivity contribution in [3.63, 3.8) is 0 Å². The number of ether oxygens (including phenoxy) is 2. The molecule has 4 rings (SSSR count). The number of aldehydes is 1. The molecule has 0 radical (unpaired) electrons. The van der Waals surface area contributed by atoms with Gasteiger partial charge in [-0.1, -0.05) is 18.2 Å². The molecule has 0 atom stereocenters. The topological polar surface area (TPSA) is 64.2 Å². The number of carbonyl (C=O) groups is 1. The van der Waals surface area contributed by atoms with Crippen molar-refractivity contribution in [2.45, 2.75) is 6.61 Å². The Morgan fingerprint density at radius 2 is 2.04 bits per heavy atom. The van der Waals surface area contributed by atoms with Crippen LogP contribution < -0.4 is 9.47 Å². The largest absolute Gasteiger partial charge is 0.496 e. The van der Waals surface area contributed by atoms with E-state index in [0.29, 0.717) is 22.9 Å². The number of benzene rings is 2. The Hall–Kier alpha value is -3.12. The fraction of sp³-hybridized carbons (Fsp3) is 0.100. The minimum Gasteiger partial charge on any atom is -0.496 e. The first-order valence-corrected chi connectivity index (χ1v) is 8.94. The van der Waals surface area contributed by atoms with Crippen LogP contribution in [0.4, 0.5) is 0 Å². The van der Waals surface area contributed by atoms with Crippen molar-refractivity contribution in [2.75, 3.05) is 7.11 Å². The summed E-state index contributed by atoms with van der Waals surface area (Å²) in [6, 6.07) is 15.3. The molecule has 26 heavy (non-hydrogen) atoms. The molecule has 0 saturated heterocycles. The predicted molar refractivity (Wildman–Crippen MR) is 102 cm³/mol. The lowest BCUT2D eigenvalue weighted by Gasteiger charge is -2.13. The molecule has 5 nitrogen and oxygen atoms in total. The Bertz CT molecular complexity index is 1020. The van der Waals surface area contributed by atoms with Gasteiger partial charge >= 0.3 is 0 Å². The van der Waals surface area contributed by atoms with Crippen molar-refractivity contribution in [3.8, 4) is 21.9 Å². The number of hydrogen-bond donors (Lipinski definition) is 1. The van der Waals surface area contributed by atoms with E-state index in [-0.39, 0.29) is 6.61 Å². The maximum absolute atomic E-state index is 11.6. The van der Waals surface area contributed by atoms with Gasteiger partial charge in [0.1, 0.15) is 23.9 Å². The molecule has 2 aromatic heterocycles. The van der Waals surface area contributed by atoms with Crippen molar-refractivity contribution in [1.29, 1.82) is 0 Å². The number of hydrogen-bond acceptors (Lipinski definition) is 5. The van der Waals surface area contributed by atoms with Crippen molar-refractivity contribution in [3.05, 3.63) is 65.3 Å². The second-order valence-electron chi connectivity index (χ2n) is 5.67. The van der Waals surface area contributed by atoms with Gasteiger partial charge in [-0.25, -0.2) is 4.98 Å². The first-order chi connectivity index (χ1) is 12.8. The second kappa shape index (κ2) is 7.01. The van der Waals surface area contributed by atoms with Gasteiger partial charge in [0.25, 0.3) is 0 Å². The summed E-state index contributed by atoms with van der Waals surface area (Å²) in [5.41, 5.74) is 3.19. The lowest BCUT2D eigenvalue weighted by atomic mass is 10.1. The van der Waals surface area contributed by atoms with E-state index in [4.69, 9.17) is 9.47 Å². The summed E-state index contributed by atoms with van der Waals surface area (Å²) < 4.78 is 11.4. The summed E-state index contributed by atoms with van der Waals surface area (Å²) in [4.78, 5) is 20.3. The molecule has 0 aliphatic heterocycles. The maximum Gasteiger partial charge on any atom is 0.153 e. The fourth-order valence-corrected chi connectivity index (χ4v) is 3.56. The van der Waals surface area contributed by atoms with E-state index in [1.807, 2.05) is 41.8 Å². The average molecular weight is 364 g/mol. The molecule has 0 bridgehead atoms. The minimum absolute atomic E-state index is 0.233. The average Bonchev–Trinajstić information content (AvgIpc) is 3.34. The van der Waals surface area contributed by atoms with E-state index in [1.165, 1.54) is 0 Å². The molecule has 0 fully saturated rings. The van der Waals surface area contributed by atoms with Crippen molar-refractivity contribution >= 4 is 28.7 Å². The molecule has 0 amide bonds. The number of nitrogens with zero attached hydrogens (tertiary/aromatic N) is 1. The van der Waals surface area contributed by atoms with Crippen LogP contribution in [0.15, 0.2) is 53.9 Å². The molecule has 0 saturated carbocycles. The number of imidazole rings is 1. The van der Waals surface area contributed by atoms with Crippen LogP contribution in [-0.4, -0.2) is 23.4 Å². The van der Waals surface area contributed by atoms with E-state index in [9.17, 15) is 4.79 Å². The van der Waals surface area contributed by atoms with E-state index >= 15 is 0 Å². The van der Waals surface area contributed by atoms with Crippen molar-refractivity contribution < 1.29 is 14.3 Å². The van der Waals surface area contributed by atoms with Crippen molar-refractivity contribution in [2.24, 2.45) is 0 Å². The number of methoxy groups -OCH3 is 1. The smallest absolute Gasteiger partial charge is 0.153 e. The molecule has 1 N–H and O–H groups in total. The van der Waals surface area contributed by atoms with Gasteiger partial charge in [0.15, 0.2) is 6.29 Å². The van der Waals surface area contributed by atoms with Crippen LogP contribution >= 0.6 is 11.3 Å². The van der Waals surface area contributed by atoms with Crippen LogP contribution in [0.2, 0.25) is 0 Å². The van der Waals surface area contributed by atoms with Crippen LogP contribution in [0.3, 0.4) is 0 Å². The summed E-state index contributed by atoms with van der Waals surface area (Å²) >= 11 is 1.59. The highest BCUT2D eigenvalue weighted by molar-refractivity contribution is 7.13. The highest BCUT2D eigenvalue weighted by Crippen LogP contribution is 2.37. The Balaban J connectivity index is 1.64. The Morgan fingerprint density at radius 1 is 1.15 bits per heavy atom. The first kappa shape index (κ1) is 16.4. The molecule has 4 aromatic rings. The Kier molecular flexibility index (Phi) is 4.41. The molecule has 0 spiro atoms. The monoisotopic (exact) mass is 364 g/mol. The lowest BCUT2D eigenvalue weighted by Crippen LogP contribution is -2.01. The quantitative estimate of drug-likeness (QED) is 0.504. The van der Waals surface area contributed by atoms with Crippen LogP contribution in [0.1, 0.15) is 16.2 Å². The molecular formula is C20H16N2O3S. The number of aromatic amines is 1. The summed E-state index contributed by atoms with van der Waals surface area (Å²) in [7, 11) is 1.61. The zero-order chi connectivity index (χ0) is 17.9. The Morgan fingerprint density at radius 3 is 2.77 bits per heavy atom. The van der Waals surface area contributed by atoms with E-state index < -0.39 is 0 Å². The molecule has 0 aliphatic carbocycles. The number of carbonyl (C=O) groups excluding carboxylic acids is 1. The highest BCUT2D eigenvalue weighted by atomic mass is 32.1. The molecule has 2 aromatic carbocycles. The van der Waals surface area contributed by atoms with Crippen LogP contribution in [-0.2, 0) is 6.61 Å². The summed E-state index contributed by atoms with van der Waals surface area (Å²) in [5.74, 6) is 1.83. The SMILES string of the molecule is COc1cc(OCc2nc3ccccc3[nH]2)c(C=O)cc1-c1cccs1. The number of para-hydroxylation sites is 2. The standard InChI is InChI=1S/C20H16N2O3S/c1-24-18-10-17(13(11-23)9-14(18)19-7-4-8-26-19)25-12-20-21-15-5-2-3-6-16(15)22-20/h2-11H,12H2,1H3,(H,21,22). The fourth-order valence-electron chi connectivity index (χ4n) is 2.81. The van der Waals surface area contributed by atoms with Gasteiger partial charge in [-0.15, -0.1) is 11.3 Å². The third kappa shape index (κ3) is 3.07. The van der Waals surface area contributed by atoms with E-state index in [2.05, 4.69) is 9.97 Å². The third-order valence-corrected chi connectivity index (χ3v) is 4.95. The van der Waals surface area contributed by atoms with Crippen LogP contribution in [0.25, 0.3) is 21.5 Å². The van der Waals surface area contributed by atoms with Gasteiger partial charge < -0.3 is 14.5 Å². The molecule has 130 valence electrons. The van der Waals surface area contributed by atoms with E-state index in [0.717, 1.165) is 27.8 Å². The molecule has 0 aliphatic rings. The Labute approximate surface area is 154 Å². The summed E-state index contributed by atoms with van der Waals surface area (Å²) in [6.07, 6.45) is 0.796. The molecule has 6 heteroatoms. The van der Waals surface area contributed by atoms with Gasteiger partial charge in [-0.05, 0) is 29.6 Å². The van der Waals surface area contributed by atoms with Crippen molar-refractivity contribution in [1.82, 2.24) is 9.97 Å². The minimum atomic E-state index is 0.233. The number of nitrogens with one attached hydrogen (secondary N) is 1. The van der Waals surface area contributed by atoms with Gasteiger partial charge in [-0.3, -0.25) is 4.79 Å². The zero-order valence-electron chi connectivity index (χ0n) is 14.1. The lowest BCUT2D eigenvalue weighted by molar-refractivity contribution is 0.111. The summed E-state index contributed by atoms with van der Waals surface area (Å²) in [5, 5.41) is 1.99. The predicted octanol–water partition coefficient (Wildman–Crippen LogP) is 4.69. The number of fused-ring (bicyclic) bond motifs is 1. The first-order valence-electron chi connectivity index (χ1n) is 8.06. The van der Waals surface area contributed by atoms with Gasteiger partial charge in [0.2, 0.25) is 0 Å². The number of H-pyrrole nitrogens is 1. The van der Waals surface area contributed by atoms with Crippen LogP contribution in [0.5, 0.6) is 11.5 Å². The van der Waals surface area contributed by atoms with Crippen LogP contribution in [0, 0.1) is 0 Å². The van der Waals surface area contributed by atoms with E-state index in [1.54, 1.807) is 30.6 Å². The maximum atomic E-state index is 11.6. The number of rotatable bonds is 6. The molecule has 0 unspecified atom stereocenters. The zero-order valence-corrected chi connectivity index (χ0v) is 14.9. The second-order valence-corrected chi connectivity index (χ2v) is 6.62. The number of thiophene rings is 1. The third-order valence-electron chi connectivity index (χ3n) is 4.05. The number of aromatic nitrogens is 2. The highest BCUT2D eigenvalue weighted by Gasteiger charge is 2.14.